The maximum atomic E-state index is 13.2. The molecule has 2 aromatic carbocycles. The van der Waals surface area contributed by atoms with Gasteiger partial charge in [-0.25, -0.2) is 9.67 Å². The minimum Gasteiger partial charge on any atom is -0.454 e. The van der Waals surface area contributed by atoms with Crippen molar-refractivity contribution in [2.75, 3.05) is 12.1 Å². The number of hydrogen-bond acceptors (Lipinski definition) is 5. The lowest BCUT2D eigenvalue weighted by Gasteiger charge is -2.14. The molecule has 0 unspecified atom stereocenters. The van der Waals surface area contributed by atoms with Gasteiger partial charge >= 0.3 is 0 Å². The van der Waals surface area contributed by atoms with Gasteiger partial charge in [-0.15, -0.1) is 0 Å². The van der Waals surface area contributed by atoms with Crippen LogP contribution in [0, 0.1) is 13.8 Å². The first-order valence-electron chi connectivity index (χ1n) is 9.85. The van der Waals surface area contributed by atoms with Crippen LogP contribution in [-0.2, 0) is 11.3 Å². The molecule has 8 nitrogen and oxygen atoms in total. The number of nitrogens with one attached hydrogen (secondary N) is 1. The van der Waals surface area contributed by atoms with Crippen molar-refractivity contribution >= 4 is 22.6 Å². The number of nitrogens with zero attached hydrogens (tertiary/aromatic N) is 3. The maximum absolute atomic E-state index is 13.2. The predicted octanol–water partition coefficient (Wildman–Crippen LogP) is 3.17. The lowest BCUT2D eigenvalue weighted by atomic mass is 10.1. The van der Waals surface area contributed by atoms with Crippen molar-refractivity contribution in [2.45, 2.75) is 20.4 Å². The number of amides is 1. The second kappa shape index (κ2) is 7.32. The number of carbonyl (C=O) groups is 1. The lowest BCUT2D eigenvalue weighted by molar-refractivity contribution is -0.116. The number of rotatable bonds is 4. The highest BCUT2D eigenvalue weighted by molar-refractivity contribution is 5.92. The summed E-state index contributed by atoms with van der Waals surface area (Å²) >= 11 is 0. The molecule has 1 N–H and O–H groups in total. The van der Waals surface area contributed by atoms with Crippen LogP contribution >= 0.6 is 0 Å². The highest BCUT2D eigenvalue weighted by Crippen LogP contribution is 2.34. The number of carbonyl (C=O) groups excluding carboxylic acids is 1. The molecule has 8 heteroatoms. The Bertz CT molecular complexity index is 1390. The Morgan fingerprint density at radius 1 is 1.06 bits per heavy atom. The van der Waals surface area contributed by atoms with E-state index in [1.165, 1.54) is 4.68 Å². The first kappa shape index (κ1) is 18.9. The lowest BCUT2D eigenvalue weighted by Crippen LogP contribution is -2.27. The Morgan fingerprint density at radius 3 is 2.74 bits per heavy atom. The average Bonchev–Trinajstić information content (AvgIpc) is 3.33. The number of anilines is 1. The smallest absolute Gasteiger partial charge is 0.280 e. The van der Waals surface area contributed by atoms with E-state index in [0.717, 1.165) is 11.1 Å². The summed E-state index contributed by atoms with van der Waals surface area (Å²) in [6.45, 7) is 4.08. The summed E-state index contributed by atoms with van der Waals surface area (Å²) in [5.74, 6) is 0.930. The molecule has 0 saturated heterocycles. The Labute approximate surface area is 177 Å². The third kappa shape index (κ3) is 3.31. The maximum Gasteiger partial charge on any atom is 0.280 e. The summed E-state index contributed by atoms with van der Waals surface area (Å²) < 4.78 is 13.8. The summed E-state index contributed by atoms with van der Waals surface area (Å²) in [7, 11) is 0. The van der Waals surface area contributed by atoms with Crippen molar-refractivity contribution in [2.24, 2.45) is 0 Å². The zero-order valence-corrected chi connectivity index (χ0v) is 17.1. The molecule has 0 spiro atoms. The first-order chi connectivity index (χ1) is 15.0. The molecule has 0 radical (unpaired) electrons. The third-order valence-corrected chi connectivity index (χ3v) is 5.38. The third-order valence-electron chi connectivity index (χ3n) is 5.38. The van der Waals surface area contributed by atoms with Crippen molar-refractivity contribution in [3.8, 4) is 17.2 Å². The number of aryl methyl sites for hydroxylation is 2. The zero-order valence-electron chi connectivity index (χ0n) is 17.1. The molecule has 4 aromatic rings. The fraction of sp³-hybridized carbons (Fsp3) is 0.174. The summed E-state index contributed by atoms with van der Waals surface area (Å²) in [6, 6.07) is 14.4. The Hall–Kier alpha value is -4.07. The molecule has 156 valence electrons. The molecule has 0 saturated carbocycles. The Balaban J connectivity index is 1.53. The van der Waals surface area contributed by atoms with Crippen molar-refractivity contribution in [1.29, 1.82) is 0 Å². The van der Waals surface area contributed by atoms with Crippen LogP contribution in [-0.4, -0.2) is 27.0 Å². The van der Waals surface area contributed by atoms with Gasteiger partial charge in [0, 0.05) is 18.0 Å². The van der Waals surface area contributed by atoms with Crippen LogP contribution in [0.2, 0.25) is 0 Å². The van der Waals surface area contributed by atoms with Crippen LogP contribution in [0.5, 0.6) is 11.5 Å². The molecule has 1 aliphatic heterocycles. The fourth-order valence-corrected chi connectivity index (χ4v) is 3.66. The van der Waals surface area contributed by atoms with E-state index in [1.54, 1.807) is 41.2 Å². The SMILES string of the molecule is Cc1ccc(-n2c(=O)c3cccnc3n2CC(=O)Nc2ccc3c(c2)OCO3)cc1C. The fourth-order valence-electron chi connectivity index (χ4n) is 3.66. The molecule has 1 aliphatic rings. The van der Waals surface area contributed by atoms with Crippen LogP contribution in [0.15, 0.2) is 59.5 Å². The summed E-state index contributed by atoms with van der Waals surface area (Å²) in [4.78, 5) is 30.4. The molecular formula is C23H20N4O4. The van der Waals surface area contributed by atoms with Crippen molar-refractivity contribution in [3.05, 3.63) is 76.2 Å². The van der Waals surface area contributed by atoms with E-state index in [2.05, 4.69) is 10.3 Å². The van der Waals surface area contributed by atoms with Crippen LogP contribution in [0.3, 0.4) is 0 Å². The van der Waals surface area contributed by atoms with Gasteiger partial charge in [-0.05, 0) is 61.4 Å². The van der Waals surface area contributed by atoms with Gasteiger partial charge < -0.3 is 14.8 Å². The molecule has 31 heavy (non-hydrogen) atoms. The van der Waals surface area contributed by atoms with E-state index in [1.807, 2.05) is 32.0 Å². The standard InChI is InChI=1S/C23H20N4O4/c1-14-5-7-17(10-15(14)2)27-23(29)18-4-3-9-24-22(18)26(27)12-21(28)25-16-6-8-19-20(11-16)31-13-30-19/h3-11H,12-13H2,1-2H3,(H,25,28). The van der Waals surface area contributed by atoms with E-state index in [0.29, 0.717) is 33.9 Å². The van der Waals surface area contributed by atoms with Gasteiger partial charge in [0.25, 0.3) is 5.56 Å². The Kier molecular flexibility index (Phi) is 4.47. The first-order valence-corrected chi connectivity index (χ1v) is 9.85. The van der Waals surface area contributed by atoms with Crippen LogP contribution in [0.1, 0.15) is 11.1 Å². The van der Waals surface area contributed by atoms with E-state index in [9.17, 15) is 9.59 Å². The van der Waals surface area contributed by atoms with E-state index < -0.39 is 0 Å². The molecular weight excluding hydrogens is 396 g/mol. The quantitative estimate of drug-likeness (QED) is 0.552. The predicted molar refractivity (Wildman–Crippen MR) is 116 cm³/mol. The monoisotopic (exact) mass is 416 g/mol. The average molecular weight is 416 g/mol. The van der Waals surface area contributed by atoms with Gasteiger partial charge in [-0.1, -0.05) is 6.07 Å². The second-order valence-corrected chi connectivity index (χ2v) is 7.43. The largest absolute Gasteiger partial charge is 0.454 e. The van der Waals surface area contributed by atoms with E-state index in [4.69, 9.17) is 9.47 Å². The van der Waals surface area contributed by atoms with Gasteiger partial charge in [-0.2, -0.15) is 0 Å². The summed E-state index contributed by atoms with van der Waals surface area (Å²) in [5.41, 5.74) is 3.67. The van der Waals surface area contributed by atoms with E-state index in [-0.39, 0.29) is 24.8 Å². The normalized spacial score (nSPS) is 12.3. The number of pyridine rings is 1. The van der Waals surface area contributed by atoms with Crippen LogP contribution in [0.25, 0.3) is 16.7 Å². The van der Waals surface area contributed by atoms with Crippen LogP contribution in [0.4, 0.5) is 5.69 Å². The number of hydrogen-bond donors (Lipinski definition) is 1. The molecule has 3 heterocycles. The Morgan fingerprint density at radius 2 is 1.90 bits per heavy atom. The zero-order chi connectivity index (χ0) is 21.5. The summed E-state index contributed by atoms with van der Waals surface area (Å²) in [6.07, 6.45) is 1.61. The number of fused-ring (bicyclic) bond motifs is 2. The summed E-state index contributed by atoms with van der Waals surface area (Å²) in [5, 5.41) is 3.31. The number of ether oxygens (including phenoxy) is 2. The van der Waals surface area contributed by atoms with Crippen molar-refractivity contribution in [1.82, 2.24) is 14.3 Å². The minimum absolute atomic E-state index is 0.0862. The highest BCUT2D eigenvalue weighted by atomic mass is 16.7. The van der Waals surface area contributed by atoms with Gasteiger partial charge in [0.1, 0.15) is 6.54 Å². The van der Waals surface area contributed by atoms with Gasteiger partial charge in [0.15, 0.2) is 17.1 Å². The molecule has 0 fully saturated rings. The molecule has 5 rings (SSSR count). The minimum atomic E-state index is -0.293. The van der Waals surface area contributed by atoms with Crippen molar-refractivity contribution < 1.29 is 14.3 Å². The van der Waals surface area contributed by atoms with Gasteiger partial charge in [0.2, 0.25) is 12.7 Å². The molecule has 0 bridgehead atoms. The number of benzene rings is 2. The van der Waals surface area contributed by atoms with Gasteiger partial charge in [-0.3, -0.25) is 14.3 Å². The topological polar surface area (TPSA) is 87.4 Å². The van der Waals surface area contributed by atoms with Crippen molar-refractivity contribution in [3.63, 3.8) is 0 Å². The van der Waals surface area contributed by atoms with Crippen LogP contribution < -0.4 is 20.3 Å². The highest BCUT2D eigenvalue weighted by Gasteiger charge is 2.19. The molecule has 0 aliphatic carbocycles. The number of aromatic nitrogens is 3. The molecule has 1 amide bonds. The molecule has 2 aromatic heterocycles. The molecule has 0 atom stereocenters. The van der Waals surface area contributed by atoms with Gasteiger partial charge in [0.05, 0.1) is 11.1 Å². The van der Waals surface area contributed by atoms with E-state index >= 15 is 0 Å². The second-order valence-electron chi connectivity index (χ2n) is 7.43.